The van der Waals surface area contributed by atoms with Crippen molar-refractivity contribution in [2.45, 2.75) is 26.7 Å². The maximum Gasteiger partial charge on any atom is 0.238 e. The summed E-state index contributed by atoms with van der Waals surface area (Å²) in [5.74, 6) is -0.448. The number of nitrogens with one attached hydrogen (secondary N) is 1. The van der Waals surface area contributed by atoms with E-state index in [-0.39, 0.29) is 17.7 Å². The number of aryl methyl sites for hydroxylation is 1. The van der Waals surface area contributed by atoms with Gasteiger partial charge in [-0.25, -0.2) is 0 Å². The molecule has 0 aromatic heterocycles. The molecule has 0 aliphatic carbocycles. The Morgan fingerprint density at radius 2 is 2.14 bits per heavy atom. The van der Waals surface area contributed by atoms with Gasteiger partial charge in [0.1, 0.15) is 0 Å². The quantitative estimate of drug-likeness (QED) is 0.880. The molecule has 2 amide bonds. The average molecular weight is 289 g/mol. The third-order valence-electron chi connectivity index (χ3n) is 4.15. The highest BCUT2D eigenvalue weighted by atomic mass is 16.2. The Hall–Kier alpha value is -1.88. The second-order valence-corrected chi connectivity index (χ2v) is 5.77. The molecule has 1 atom stereocenters. The van der Waals surface area contributed by atoms with Crippen LogP contribution in [0.15, 0.2) is 18.2 Å². The Bertz CT molecular complexity index is 542. The van der Waals surface area contributed by atoms with Gasteiger partial charge in [0.2, 0.25) is 11.8 Å². The van der Waals surface area contributed by atoms with E-state index in [4.69, 9.17) is 5.73 Å². The molecule has 2 rings (SSSR count). The third kappa shape index (κ3) is 4.04. The summed E-state index contributed by atoms with van der Waals surface area (Å²) in [5.41, 5.74) is 8.44. The molecule has 3 N–H and O–H groups in total. The zero-order valence-electron chi connectivity index (χ0n) is 12.7. The van der Waals surface area contributed by atoms with Crippen LogP contribution in [0.2, 0.25) is 0 Å². The number of anilines is 1. The van der Waals surface area contributed by atoms with Crippen LogP contribution < -0.4 is 11.1 Å². The number of primary amides is 1. The van der Waals surface area contributed by atoms with Crippen LogP contribution in [0.3, 0.4) is 0 Å². The van der Waals surface area contributed by atoms with Crippen molar-refractivity contribution < 1.29 is 9.59 Å². The van der Waals surface area contributed by atoms with E-state index in [1.165, 1.54) is 0 Å². The van der Waals surface area contributed by atoms with Gasteiger partial charge in [0.15, 0.2) is 0 Å². The first-order valence-corrected chi connectivity index (χ1v) is 7.35. The van der Waals surface area contributed by atoms with E-state index in [0.717, 1.165) is 36.2 Å². The minimum atomic E-state index is -0.269. The van der Waals surface area contributed by atoms with Gasteiger partial charge in [-0.1, -0.05) is 12.1 Å². The second-order valence-electron chi connectivity index (χ2n) is 5.77. The van der Waals surface area contributed by atoms with Crippen molar-refractivity contribution in [1.82, 2.24) is 4.90 Å². The third-order valence-corrected chi connectivity index (χ3v) is 4.15. The smallest absolute Gasteiger partial charge is 0.238 e. The van der Waals surface area contributed by atoms with Gasteiger partial charge in [0.25, 0.3) is 0 Å². The molecule has 0 bridgehead atoms. The summed E-state index contributed by atoms with van der Waals surface area (Å²) < 4.78 is 0. The molecule has 114 valence electrons. The molecule has 1 saturated heterocycles. The van der Waals surface area contributed by atoms with Crippen LogP contribution >= 0.6 is 0 Å². The Labute approximate surface area is 125 Å². The van der Waals surface area contributed by atoms with Crippen molar-refractivity contribution in [2.75, 3.05) is 25.0 Å². The number of piperidine rings is 1. The summed E-state index contributed by atoms with van der Waals surface area (Å²) in [4.78, 5) is 25.4. The van der Waals surface area contributed by atoms with Crippen molar-refractivity contribution in [3.63, 3.8) is 0 Å². The fourth-order valence-electron chi connectivity index (χ4n) is 2.71. The SMILES string of the molecule is Cc1cccc(NC(=O)CN2CCC[C@@H](C(N)=O)C2)c1C. The Balaban J connectivity index is 1.92. The van der Waals surface area contributed by atoms with Crippen molar-refractivity contribution in [2.24, 2.45) is 11.7 Å². The molecule has 1 aliphatic heterocycles. The molecule has 0 saturated carbocycles. The lowest BCUT2D eigenvalue weighted by Crippen LogP contribution is -2.44. The van der Waals surface area contributed by atoms with Crippen LogP contribution in [0.4, 0.5) is 5.69 Å². The molecule has 1 aliphatic rings. The number of hydrogen-bond acceptors (Lipinski definition) is 3. The summed E-state index contributed by atoms with van der Waals surface area (Å²) in [6.45, 7) is 5.73. The molecule has 1 heterocycles. The lowest BCUT2D eigenvalue weighted by Gasteiger charge is -2.30. The molecule has 0 radical (unpaired) electrons. The Kier molecular flexibility index (Phi) is 4.96. The van der Waals surface area contributed by atoms with E-state index < -0.39 is 0 Å². The van der Waals surface area contributed by atoms with Crippen molar-refractivity contribution in [1.29, 1.82) is 0 Å². The molecule has 21 heavy (non-hydrogen) atoms. The summed E-state index contributed by atoms with van der Waals surface area (Å²) in [5, 5.41) is 2.95. The van der Waals surface area contributed by atoms with Crippen molar-refractivity contribution >= 4 is 17.5 Å². The van der Waals surface area contributed by atoms with Crippen LogP contribution in [0, 0.1) is 19.8 Å². The van der Waals surface area contributed by atoms with Gasteiger partial charge in [-0.3, -0.25) is 14.5 Å². The number of nitrogens with zero attached hydrogens (tertiary/aromatic N) is 1. The zero-order chi connectivity index (χ0) is 15.4. The van der Waals surface area contributed by atoms with E-state index >= 15 is 0 Å². The number of hydrogen-bond donors (Lipinski definition) is 2. The predicted octanol–water partition coefficient (Wildman–Crippen LogP) is 1.44. The van der Waals surface area contributed by atoms with Crippen molar-refractivity contribution in [3.8, 4) is 0 Å². The van der Waals surface area contributed by atoms with E-state index in [9.17, 15) is 9.59 Å². The maximum atomic E-state index is 12.2. The van der Waals surface area contributed by atoms with Gasteiger partial charge in [-0.05, 0) is 50.4 Å². The lowest BCUT2D eigenvalue weighted by molar-refractivity contribution is -0.125. The first-order chi connectivity index (χ1) is 9.97. The molecule has 5 heteroatoms. The lowest BCUT2D eigenvalue weighted by atomic mass is 9.97. The fraction of sp³-hybridized carbons (Fsp3) is 0.500. The van der Waals surface area contributed by atoms with Crippen LogP contribution in [0.25, 0.3) is 0 Å². The average Bonchev–Trinajstić information content (AvgIpc) is 2.44. The second kappa shape index (κ2) is 6.72. The first kappa shape index (κ1) is 15.5. The van der Waals surface area contributed by atoms with Crippen LogP contribution in [-0.4, -0.2) is 36.3 Å². The number of nitrogens with two attached hydrogens (primary N) is 1. The monoisotopic (exact) mass is 289 g/mol. The van der Waals surface area contributed by atoms with E-state index in [1.54, 1.807) is 0 Å². The highest BCUT2D eigenvalue weighted by molar-refractivity contribution is 5.93. The molecule has 1 aromatic carbocycles. The number of amides is 2. The van der Waals surface area contributed by atoms with Gasteiger partial charge in [-0.2, -0.15) is 0 Å². The molecule has 1 aromatic rings. The summed E-state index contributed by atoms with van der Waals surface area (Å²) in [7, 11) is 0. The molecular formula is C16H23N3O2. The molecule has 5 nitrogen and oxygen atoms in total. The Morgan fingerprint density at radius 1 is 1.38 bits per heavy atom. The summed E-state index contributed by atoms with van der Waals surface area (Å²) >= 11 is 0. The summed E-state index contributed by atoms with van der Waals surface area (Å²) in [6, 6.07) is 5.86. The van der Waals surface area contributed by atoms with Gasteiger partial charge in [0.05, 0.1) is 12.5 Å². The van der Waals surface area contributed by atoms with Gasteiger partial charge >= 0.3 is 0 Å². The van der Waals surface area contributed by atoms with Gasteiger partial charge in [0, 0.05) is 12.2 Å². The van der Waals surface area contributed by atoms with Crippen LogP contribution in [0.1, 0.15) is 24.0 Å². The van der Waals surface area contributed by atoms with E-state index in [0.29, 0.717) is 13.1 Å². The van der Waals surface area contributed by atoms with Crippen LogP contribution in [0.5, 0.6) is 0 Å². The minimum Gasteiger partial charge on any atom is -0.369 e. The summed E-state index contributed by atoms with van der Waals surface area (Å²) in [6.07, 6.45) is 1.73. The normalized spacial score (nSPS) is 19.2. The molecule has 1 fully saturated rings. The maximum absolute atomic E-state index is 12.2. The number of benzene rings is 1. The standard InChI is InChI=1S/C16H23N3O2/c1-11-5-3-7-14(12(11)2)18-15(20)10-19-8-4-6-13(9-19)16(17)21/h3,5,7,13H,4,6,8-10H2,1-2H3,(H2,17,21)(H,18,20)/t13-/m1/s1. The molecule has 0 unspecified atom stereocenters. The molecular weight excluding hydrogens is 266 g/mol. The number of carbonyl (C=O) groups is 2. The highest BCUT2D eigenvalue weighted by Gasteiger charge is 2.25. The fourth-order valence-corrected chi connectivity index (χ4v) is 2.71. The van der Waals surface area contributed by atoms with Gasteiger partial charge < -0.3 is 11.1 Å². The minimum absolute atomic E-state index is 0.0474. The predicted molar refractivity (Wildman–Crippen MR) is 82.9 cm³/mol. The topological polar surface area (TPSA) is 75.4 Å². The zero-order valence-corrected chi connectivity index (χ0v) is 12.7. The van der Waals surface area contributed by atoms with Crippen LogP contribution in [-0.2, 0) is 9.59 Å². The van der Waals surface area contributed by atoms with E-state index in [1.807, 2.05) is 36.9 Å². The van der Waals surface area contributed by atoms with E-state index in [2.05, 4.69) is 5.32 Å². The molecule has 0 spiro atoms. The highest BCUT2D eigenvalue weighted by Crippen LogP contribution is 2.19. The number of rotatable bonds is 4. The van der Waals surface area contributed by atoms with Gasteiger partial charge in [-0.15, -0.1) is 0 Å². The first-order valence-electron chi connectivity index (χ1n) is 7.35. The Morgan fingerprint density at radius 3 is 2.86 bits per heavy atom. The number of carbonyl (C=O) groups excluding carboxylic acids is 2. The van der Waals surface area contributed by atoms with Crippen molar-refractivity contribution in [3.05, 3.63) is 29.3 Å². The number of likely N-dealkylation sites (tertiary alicyclic amines) is 1. The largest absolute Gasteiger partial charge is 0.369 e.